The van der Waals surface area contributed by atoms with Crippen LogP contribution in [0.1, 0.15) is 36.5 Å². The number of pyridine rings is 1. The molecule has 3 rings (SSSR count). The molecule has 2 aromatic rings. The van der Waals surface area contributed by atoms with Crippen molar-refractivity contribution >= 4 is 17.7 Å². The van der Waals surface area contributed by atoms with Crippen molar-refractivity contribution < 1.29 is 4.79 Å². The van der Waals surface area contributed by atoms with Gasteiger partial charge < -0.3 is 4.90 Å². The number of amides is 1. The molecule has 120 valence electrons. The van der Waals surface area contributed by atoms with Crippen LogP contribution >= 0.6 is 11.8 Å². The molecule has 1 fully saturated rings. The average Bonchev–Trinajstić information content (AvgIpc) is 2.62. The van der Waals surface area contributed by atoms with Crippen LogP contribution in [0, 0.1) is 0 Å². The Labute approximate surface area is 142 Å². The molecule has 2 heterocycles. The van der Waals surface area contributed by atoms with Crippen LogP contribution in [0.2, 0.25) is 0 Å². The Kier molecular flexibility index (Phi) is 5.34. The molecule has 1 saturated heterocycles. The Hall–Kier alpha value is -1.81. The maximum atomic E-state index is 12.9. The van der Waals surface area contributed by atoms with Crippen molar-refractivity contribution in [1.29, 1.82) is 0 Å². The number of rotatable bonds is 4. The van der Waals surface area contributed by atoms with Crippen LogP contribution in [0.25, 0.3) is 11.3 Å². The maximum Gasteiger partial charge on any atom is 0.256 e. The van der Waals surface area contributed by atoms with Crippen LogP contribution < -0.4 is 0 Å². The van der Waals surface area contributed by atoms with Gasteiger partial charge in [-0.15, -0.1) is 11.8 Å². The van der Waals surface area contributed by atoms with E-state index in [2.05, 4.69) is 24.0 Å². The molecule has 0 bridgehead atoms. The first-order valence-corrected chi connectivity index (χ1v) is 9.25. The molecule has 1 aromatic carbocycles. The zero-order chi connectivity index (χ0) is 16.1. The van der Waals surface area contributed by atoms with Crippen molar-refractivity contribution in [2.75, 3.05) is 18.8 Å². The fraction of sp³-hybridized carbons (Fsp3) is 0.368. The highest BCUT2D eigenvalue weighted by molar-refractivity contribution is 7.99. The van der Waals surface area contributed by atoms with Gasteiger partial charge in [0.05, 0.1) is 11.3 Å². The third-order valence-electron chi connectivity index (χ3n) is 4.10. The monoisotopic (exact) mass is 326 g/mol. The van der Waals surface area contributed by atoms with Crippen LogP contribution in [0.5, 0.6) is 0 Å². The fourth-order valence-electron chi connectivity index (χ4n) is 2.98. The molecule has 0 radical (unpaired) electrons. The second kappa shape index (κ2) is 7.64. The number of benzene rings is 1. The molecule has 0 atom stereocenters. The lowest BCUT2D eigenvalue weighted by Gasteiger charge is -2.27. The minimum Gasteiger partial charge on any atom is -0.339 e. The molecule has 0 unspecified atom stereocenters. The summed E-state index contributed by atoms with van der Waals surface area (Å²) in [7, 11) is 0. The first kappa shape index (κ1) is 16.1. The first-order chi connectivity index (χ1) is 11.3. The first-order valence-electron chi connectivity index (χ1n) is 8.27. The van der Waals surface area contributed by atoms with Gasteiger partial charge in [0.2, 0.25) is 0 Å². The van der Waals surface area contributed by atoms with Crippen molar-refractivity contribution in [2.24, 2.45) is 0 Å². The number of aromatic nitrogens is 1. The van der Waals surface area contributed by atoms with Crippen molar-refractivity contribution in [3.05, 3.63) is 48.2 Å². The molecule has 3 nitrogen and oxygen atoms in total. The topological polar surface area (TPSA) is 33.2 Å². The molecule has 0 spiro atoms. The number of carbonyl (C=O) groups is 1. The highest BCUT2D eigenvalue weighted by Crippen LogP contribution is 2.27. The molecule has 1 aromatic heterocycles. The van der Waals surface area contributed by atoms with Crippen molar-refractivity contribution in [3.8, 4) is 11.3 Å². The fourth-order valence-corrected chi connectivity index (χ4v) is 3.69. The van der Waals surface area contributed by atoms with E-state index in [0.717, 1.165) is 42.9 Å². The molecule has 0 saturated carbocycles. The highest BCUT2D eigenvalue weighted by Gasteiger charge is 2.21. The van der Waals surface area contributed by atoms with Crippen LogP contribution in [0.3, 0.4) is 0 Å². The molecule has 0 N–H and O–H groups in total. The van der Waals surface area contributed by atoms with Crippen molar-refractivity contribution in [2.45, 2.75) is 31.1 Å². The van der Waals surface area contributed by atoms with Gasteiger partial charge in [0.25, 0.3) is 5.91 Å². The second-order valence-corrected chi connectivity index (χ2v) is 7.05. The van der Waals surface area contributed by atoms with E-state index in [4.69, 9.17) is 0 Å². The largest absolute Gasteiger partial charge is 0.339 e. The summed E-state index contributed by atoms with van der Waals surface area (Å²) in [4.78, 5) is 20.6. The summed E-state index contributed by atoms with van der Waals surface area (Å²) in [6.45, 7) is 3.86. The number of likely N-dealkylation sites (tertiary alicyclic amines) is 1. The van der Waals surface area contributed by atoms with Crippen molar-refractivity contribution in [3.63, 3.8) is 0 Å². The van der Waals surface area contributed by atoms with Gasteiger partial charge in [0.1, 0.15) is 0 Å². The summed E-state index contributed by atoms with van der Waals surface area (Å²) in [5, 5.41) is 0. The molecule has 1 amide bonds. The summed E-state index contributed by atoms with van der Waals surface area (Å²) < 4.78 is 0. The zero-order valence-corrected chi connectivity index (χ0v) is 14.3. The van der Waals surface area contributed by atoms with Gasteiger partial charge in [-0.2, -0.15) is 0 Å². The standard InChI is InChI=1S/C19H22N2OS/c1-2-23-16-9-6-8-15(14-16)18-17(10-7-11-20-18)19(22)21-12-4-3-5-13-21/h6-11,14H,2-5,12-13H2,1H3. The van der Waals surface area contributed by atoms with Crippen LogP contribution in [-0.2, 0) is 0 Å². The quantitative estimate of drug-likeness (QED) is 0.776. The highest BCUT2D eigenvalue weighted by atomic mass is 32.2. The summed E-state index contributed by atoms with van der Waals surface area (Å²) in [6, 6.07) is 12.1. The molecule has 1 aliphatic rings. The van der Waals surface area contributed by atoms with Gasteiger partial charge in [0, 0.05) is 29.7 Å². The lowest BCUT2D eigenvalue weighted by molar-refractivity contribution is 0.0725. The third-order valence-corrected chi connectivity index (χ3v) is 4.98. The zero-order valence-electron chi connectivity index (χ0n) is 13.5. The summed E-state index contributed by atoms with van der Waals surface area (Å²) in [5.41, 5.74) is 2.53. The second-order valence-electron chi connectivity index (χ2n) is 5.71. The van der Waals surface area contributed by atoms with E-state index in [1.807, 2.05) is 29.2 Å². The van der Waals surface area contributed by atoms with Gasteiger partial charge >= 0.3 is 0 Å². The number of carbonyl (C=O) groups excluding carboxylic acids is 1. The summed E-state index contributed by atoms with van der Waals surface area (Å²) in [6.07, 6.45) is 5.19. The smallest absolute Gasteiger partial charge is 0.256 e. The third kappa shape index (κ3) is 3.75. The van der Waals surface area contributed by atoms with E-state index in [-0.39, 0.29) is 5.91 Å². The maximum absolute atomic E-state index is 12.9. The Bertz CT molecular complexity index is 681. The van der Waals surface area contributed by atoms with E-state index in [1.54, 1.807) is 18.0 Å². The molecular formula is C19H22N2OS. The van der Waals surface area contributed by atoms with Gasteiger partial charge in [-0.3, -0.25) is 9.78 Å². The number of hydrogen-bond acceptors (Lipinski definition) is 3. The van der Waals surface area contributed by atoms with E-state index >= 15 is 0 Å². The lowest BCUT2D eigenvalue weighted by Crippen LogP contribution is -2.35. The van der Waals surface area contributed by atoms with Gasteiger partial charge in [-0.1, -0.05) is 19.1 Å². The molecular weight excluding hydrogens is 304 g/mol. The van der Waals surface area contributed by atoms with E-state index in [0.29, 0.717) is 5.56 Å². The van der Waals surface area contributed by atoms with Crippen LogP contribution in [-0.4, -0.2) is 34.6 Å². The Morgan fingerprint density at radius 1 is 1.17 bits per heavy atom. The number of piperidine rings is 1. The number of nitrogens with zero attached hydrogens (tertiary/aromatic N) is 2. The molecule has 23 heavy (non-hydrogen) atoms. The Morgan fingerprint density at radius 2 is 2.00 bits per heavy atom. The minimum absolute atomic E-state index is 0.112. The average molecular weight is 326 g/mol. The Balaban J connectivity index is 1.94. The summed E-state index contributed by atoms with van der Waals surface area (Å²) in [5.74, 6) is 1.15. The SMILES string of the molecule is CCSc1cccc(-c2ncccc2C(=O)N2CCCCC2)c1. The molecule has 1 aliphatic heterocycles. The van der Waals surface area contributed by atoms with E-state index < -0.39 is 0 Å². The van der Waals surface area contributed by atoms with Crippen LogP contribution in [0.15, 0.2) is 47.5 Å². The van der Waals surface area contributed by atoms with E-state index in [1.165, 1.54) is 11.3 Å². The van der Waals surface area contributed by atoms with Gasteiger partial charge in [0.15, 0.2) is 0 Å². The molecule has 4 heteroatoms. The molecule has 0 aliphatic carbocycles. The van der Waals surface area contributed by atoms with Crippen molar-refractivity contribution in [1.82, 2.24) is 9.88 Å². The Morgan fingerprint density at radius 3 is 2.78 bits per heavy atom. The summed E-state index contributed by atoms with van der Waals surface area (Å²) >= 11 is 1.80. The lowest BCUT2D eigenvalue weighted by atomic mass is 10.0. The van der Waals surface area contributed by atoms with Crippen LogP contribution in [0.4, 0.5) is 0 Å². The van der Waals surface area contributed by atoms with E-state index in [9.17, 15) is 4.79 Å². The predicted molar refractivity (Wildman–Crippen MR) is 95.8 cm³/mol. The number of hydrogen-bond donors (Lipinski definition) is 0. The minimum atomic E-state index is 0.112. The number of thioether (sulfide) groups is 1. The van der Waals surface area contributed by atoms with Gasteiger partial charge in [-0.05, 0) is 49.3 Å². The van der Waals surface area contributed by atoms with Gasteiger partial charge in [-0.25, -0.2) is 0 Å². The predicted octanol–water partition coefficient (Wildman–Crippen LogP) is 4.49. The normalized spacial score (nSPS) is 14.7.